The number of amides is 3. The number of carbonyl (C=O) groups is 3. The van der Waals surface area contributed by atoms with Crippen LogP contribution in [0.2, 0.25) is 0 Å². The van der Waals surface area contributed by atoms with Gasteiger partial charge in [0.2, 0.25) is 0 Å². The van der Waals surface area contributed by atoms with Gasteiger partial charge >= 0.3 is 0 Å². The average molecular weight is 411 g/mol. The third-order valence-corrected chi connectivity index (χ3v) is 5.30. The molecule has 0 bridgehead atoms. The first-order valence-electron chi connectivity index (χ1n) is 9.70. The molecule has 2 aromatic heterocycles. The Morgan fingerprint density at radius 3 is 2.55 bits per heavy atom. The number of aryl methyl sites for hydroxylation is 1. The number of nitrogens with zero attached hydrogens (tertiary/aromatic N) is 4. The van der Waals surface area contributed by atoms with E-state index in [1.807, 2.05) is 43.5 Å². The molecule has 5 rings (SSSR count). The number of imide groups is 1. The summed E-state index contributed by atoms with van der Waals surface area (Å²) < 4.78 is 1.78. The minimum absolute atomic E-state index is 0.170. The van der Waals surface area contributed by atoms with Crippen LogP contribution in [0.25, 0.3) is 5.65 Å². The van der Waals surface area contributed by atoms with E-state index < -0.39 is 11.8 Å². The average Bonchev–Trinajstić information content (AvgIpc) is 3.31. The number of aromatic nitrogens is 3. The monoisotopic (exact) mass is 411 g/mol. The van der Waals surface area contributed by atoms with Gasteiger partial charge in [0.25, 0.3) is 17.7 Å². The number of rotatable bonds is 4. The molecule has 1 aliphatic heterocycles. The molecule has 8 nitrogen and oxygen atoms in total. The summed E-state index contributed by atoms with van der Waals surface area (Å²) in [5.74, 6) is -0.615. The van der Waals surface area contributed by atoms with Gasteiger partial charge in [0.1, 0.15) is 0 Å². The second-order valence-electron chi connectivity index (χ2n) is 7.22. The number of para-hydroxylation sites is 1. The van der Waals surface area contributed by atoms with Crippen LogP contribution in [-0.2, 0) is 6.54 Å². The SMILES string of the molecule is Cc1ccccc1N1C(=O)c2ccc(C(=O)NCc3nnc4ccccn34)cc2C1=O. The standard InChI is InChI=1S/C23H17N5O3/c1-14-6-2-3-7-18(14)28-22(30)16-10-9-15(12-17(16)23(28)31)21(29)24-13-20-26-25-19-8-4-5-11-27(19)20/h2-12H,13H2,1H3,(H,24,29). The summed E-state index contributed by atoms with van der Waals surface area (Å²) in [6, 6.07) is 17.3. The molecule has 0 fully saturated rings. The summed E-state index contributed by atoms with van der Waals surface area (Å²) in [5, 5.41) is 10.9. The van der Waals surface area contributed by atoms with E-state index in [2.05, 4.69) is 15.5 Å². The van der Waals surface area contributed by atoms with Crippen molar-refractivity contribution in [3.05, 3.63) is 94.9 Å². The fourth-order valence-corrected chi connectivity index (χ4v) is 3.69. The smallest absolute Gasteiger partial charge is 0.266 e. The topological polar surface area (TPSA) is 96.7 Å². The molecule has 0 atom stereocenters. The van der Waals surface area contributed by atoms with Crippen molar-refractivity contribution in [1.29, 1.82) is 0 Å². The van der Waals surface area contributed by atoms with Crippen molar-refractivity contribution in [3.63, 3.8) is 0 Å². The van der Waals surface area contributed by atoms with Crippen LogP contribution in [0.1, 0.15) is 42.5 Å². The third kappa shape index (κ3) is 3.05. The van der Waals surface area contributed by atoms with Crippen LogP contribution in [0.3, 0.4) is 0 Å². The second-order valence-corrected chi connectivity index (χ2v) is 7.22. The molecule has 3 heterocycles. The zero-order valence-electron chi connectivity index (χ0n) is 16.6. The minimum atomic E-state index is -0.438. The maximum absolute atomic E-state index is 13.0. The van der Waals surface area contributed by atoms with Crippen molar-refractivity contribution in [1.82, 2.24) is 19.9 Å². The molecule has 2 aromatic carbocycles. The van der Waals surface area contributed by atoms with Gasteiger partial charge < -0.3 is 5.32 Å². The number of carbonyl (C=O) groups excluding carboxylic acids is 3. The lowest BCUT2D eigenvalue weighted by molar-refractivity contribution is 0.0923. The molecular weight excluding hydrogens is 394 g/mol. The largest absolute Gasteiger partial charge is 0.345 e. The van der Waals surface area contributed by atoms with Crippen LogP contribution in [0.15, 0.2) is 66.9 Å². The van der Waals surface area contributed by atoms with E-state index in [1.54, 1.807) is 22.6 Å². The van der Waals surface area contributed by atoms with Crippen molar-refractivity contribution in [2.24, 2.45) is 0 Å². The van der Waals surface area contributed by atoms with Crippen molar-refractivity contribution in [2.75, 3.05) is 4.90 Å². The lowest BCUT2D eigenvalue weighted by atomic mass is 10.1. The van der Waals surface area contributed by atoms with E-state index in [4.69, 9.17) is 0 Å². The van der Waals surface area contributed by atoms with E-state index in [0.29, 0.717) is 22.7 Å². The fraction of sp³-hybridized carbons (Fsp3) is 0.0870. The van der Waals surface area contributed by atoms with Gasteiger partial charge in [-0.25, -0.2) is 4.90 Å². The molecule has 8 heteroatoms. The minimum Gasteiger partial charge on any atom is -0.345 e. The molecule has 3 amide bonds. The molecule has 0 saturated carbocycles. The zero-order valence-corrected chi connectivity index (χ0v) is 16.6. The lowest BCUT2D eigenvalue weighted by Crippen LogP contribution is -2.30. The van der Waals surface area contributed by atoms with Crippen molar-refractivity contribution in [3.8, 4) is 0 Å². The molecule has 1 aliphatic rings. The normalized spacial score (nSPS) is 13.0. The van der Waals surface area contributed by atoms with E-state index in [0.717, 1.165) is 10.5 Å². The summed E-state index contributed by atoms with van der Waals surface area (Å²) in [7, 11) is 0. The van der Waals surface area contributed by atoms with Gasteiger partial charge in [-0.3, -0.25) is 18.8 Å². The maximum atomic E-state index is 13.0. The highest BCUT2D eigenvalue weighted by molar-refractivity contribution is 6.35. The van der Waals surface area contributed by atoms with Crippen LogP contribution in [-0.4, -0.2) is 32.3 Å². The van der Waals surface area contributed by atoms with Crippen molar-refractivity contribution < 1.29 is 14.4 Å². The highest BCUT2D eigenvalue weighted by Gasteiger charge is 2.37. The van der Waals surface area contributed by atoms with Gasteiger partial charge in [0.05, 0.1) is 23.4 Å². The molecule has 1 N–H and O–H groups in total. The Labute approximate surface area is 177 Å². The summed E-state index contributed by atoms with van der Waals surface area (Å²) in [6.07, 6.45) is 1.82. The van der Waals surface area contributed by atoms with Crippen molar-refractivity contribution >= 4 is 29.1 Å². The van der Waals surface area contributed by atoms with Gasteiger partial charge in [0.15, 0.2) is 11.5 Å². The summed E-state index contributed by atoms with van der Waals surface area (Å²) >= 11 is 0. The first-order valence-corrected chi connectivity index (χ1v) is 9.70. The fourth-order valence-electron chi connectivity index (χ4n) is 3.69. The van der Waals surface area contributed by atoms with Crippen LogP contribution in [0.5, 0.6) is 0 Å². The van der Waals surface area contributed by atoms with E-state index in [-0.39, 0.29) is 23.6 Å². The summed E-state index contributed by atoms with van der Waals surface area (Å²) in [6.45, 7) is 2.01. The van der Waals surface area contributed by atoms with E-state index >= 15 is 0 Å². The summed E-state index contributed by atoms with van der Waals surface area (Å²) in [5.41, 5.74) is 2.83. The number of benzene rings is 2. The van der Waals surface area contributed by atoms with Gasteiger partial charge in [-0.05, 0) is 48.9 Å². The molecule has 0 spiro atoms. The van der Waals surface area contributed by atoms with Crippen molar-refractivity contribution in [2.45, 2.75) is 13.5 Å². The molecule has 31 heavy (non-hydrogen) atoms. The molecular formula is C23H17N5O3. The Bertz CT molecular complexity index is 1370. The Hall–Kier alpha value is -4.33. The number of pyridine rings is 1. The molecule has 0 unspecified atom stereocenters. The Kier molecular flexibility index (Phi) is 4.32. The quantitative estimate of drug-likeness (QED) is 0.521. The van der Waals surface area contributed by atoms with Crippen LogP contribution >= 0.6 is 0 Å². The zero-order chi connectivity index (χ0) is 21.5. The number of hydrogen-bond donors (Lipinski definition) is 1. The predicted octanol–water partition coefficient (Wildman–Crippen LogP) is 2.77. The van der Waals surface area contributed by atoms with Crippen LogP contribution in [0.4, 0.5) is 5.69 Å². The van der Waals surface area contributed by atoms with E-state index in [9.17, 15) is 14.4 Å². The first-order chi connectivity index (χ1) is 15.0. The van der Waals surface area contributed by atoms with Gasteiger partial charge in [-0.2, -0.15) is 0 Å². The van der Waals surface area contributed by atoms with Crippen LogP contribution < -0.4 is 10.2 Å². The van der Waals surface area contributed by atoms with Gasteiger partial charge in [-0.1, -0.05) is 24.3 Å². The molecule has 4 aromatic rings. The van der Waals surface area contributed by atoms with Gasteiger partial charge in [0, 0.05) is 11.8 Å². The highest BCUT2D eigenvalue weighted by Crippen LogP contribution is 2.31. The molecule has 0 radical (unpaired) electrons. The number of hydrogen-bond acceptors (Lipinski definition) is 5. The molecule has 0 saturated heterocycles. The van der Waals surface area contributed by atoms with Crippen LogP contribution in [0, 0.1) is 6.92 Å². The third-order valence-electron chi connectivity index (χ3n) is 5.30. The predicted molar refractivity (Wildman–Crippen MR) is 113 cm³/mol. The second kappa shape index (κ2) is 7.17. The first kappa shape index (κ1) is 18.7. The van der Waals surface area contributed by atoms with E-state index in [1.165, 1.54) is 12.1 Å². The maximum Gasteiger partial charge on any atom is 0.266 e. The lowest BCUT2D eigenvalue weighted by Gasteiger charge is -2.16. The Morgan fingerprint density at radius 2 is 1.71 bits per heavy atom. The molecule has 152 valence electrons. The number of anilines is 1. The molecule has 0 aliphatic carbocycles. The summed E-state index contributed by atoms with van der Waals surface area (Å²) in [4.78, 5) is 39.7. The van der Waals surface area contributed by atoms with Gasteiger partial charge in [-0.15, -0.1) is 10.2 Å². The number of nitrogens with one attached hydrogen (secondary N) is 1. The number of fused-ring (bicyclic) bond motifs is 2. The highest BCUT2D eigenvalue weighted by atomic mass is 16.2. The Morgan fingerprint density at radius 1 is 0.935 bits per heavy atom. The Balaban J connectivity index is 1.39.